The second-order valence-electron chi connectivity index (χ2n) is 6.64. The van der Waals surface area contributed by atoms with Gasteiger partial charge in [-0.3, -0.25) is 9.97 Å². The van der Waals surface area contributed by atoms with Crippen molar-refractivity contribution in [1.82, 2.24) is 20.6 Å². The zero-order valence-electron chi connectivity index (χ0n) is 15.8. The highest BCUT2D eigenvalue weighted by Gasteiger charge is 2.12. The molecule has 3 aromatic rings. The van der Waals surface area contributed by atoms with Crippen molar-refractivity contribution in [3.05, 3.63) is 89.5 Å². The number of pyridine rings is 2. The highest BCUT2D eigenvalue weighted by molar-refractivity contribution is 5.40. The van der Waals surface area contributed by atoms with Crippen molar-refractivity contribution < 1.29 is 5.11 Å². The molecule has 0 fully saturated rings. The standard InChI is InChI=1S/C22H26N4O/c1-16(20-10-3-5-12-23-20)25-14-18-8-7-9-19(22(18)27)15-26-17(2)21-11-4-6-13-24-21/h3-13,16-17,25-27H,14-15H2,1-2H3. The van der Waals surface area contributed by atoms with E-state index in [1.165, 1.54) is 0 Å². The number of hydrogen-bond donors (Lipinski definition) is 3. The van der Waals surface area contributed by atoms with Crippen LogP contribution in [0.3, 0.4) is 0 Å². The van der Waals surface area contributed by atoms with E-state index >= 15 is 0 Å². The van der Waals surface area contributed by atoms with Crippen molar-refractivity contribution >= 4 is 0 Å². The van der Waals surface area contributed by atoms with E-state index in [4.69, 9.17) is 0 Å². The summed E-state index contributed by atoms with van der Waals surface area (Å²) in [5.41, 5.74) is 3.73. The van der Waals surface area contributed by atoms with Gasteiger partial charge in [-0.2, -0.15) is 0 Å². The van der Waals surface area contributed by atoms with Crippen LogP contribution in [0.1, 0.15) is 48.4 Å². The fourth-order valence-corrected chi connectivity index (χ4v) is 2.93. The lowest BCUT2D eigenvalue weighted by molar-refractivity contribution is 0.446. The average molecular weight is 362 g/mol. The number of para-hydroxylation sites is 1. The molecule has 3 N–H and O–H groups in total. The van der Waals surface area contributed by atoms with E-state index in [0.717, 1.165) is 22.5 Å². The van der Waals surface area contributed by atoms with E-state index in [0.29, 0.717) is 18.8 Å². The highest BCUT2D eigenvalue weighted by Crippen LogP contribution is 2.24. The molecule has 2 atom stereocenters. The summed E-state index contributed by atoms with van der Waals surface area (Å²) in [7, 11) is 0. The first-order valence-corrected chi connectivity index (χ1v) is 9.23. The van der Waals surface area contributed by atoms with Crippen LogP contribution in [0.5, 0.6) is 5.75 Å². The number of nitrogens with zero attached hydrogens (tertiary/aromatic N) is 2. The number of benzene rings is 1. The molecule has 2 unspecified atom stereocenters. The molecule has 3 rings (SSSR count). The maximum absolute atomic E-state index is 10.6. The molecule has 27 heavy (non-hydrogen) atoms. The molecule has 0 amide bonds. The third-order valence-electron chi connectivity index (χ3n) is 4.66. The average Bonchev–Trinajstić information content (AvgIpc) is 2.73. The fraction of sp³-hybridized carbons (Fsp3) is 0.273. The van der Waals surface area contributed by atoms with Crippen LogP contribution in [-0.2, 0) is 13.1 Å². The molecule has 0 aliphatic rings. The lowest BCUT2D eigenvalue weighted by Crippen LogP contribution is -2.20. The van der Waals surface area contributed by atoms with Crippen molar-refractivity contribution in [2.45, 2.75) is 39.0 Å². The van der Waals surface area contributed by atoms with E-state index < -0.39 is 0 Å². The van der Waals surface area contributed by atoms with E-state index in [2.05, 4.69) is 34.4 Å². The number of hydrogen-bond acceptors (Lipinski definition) is 5. The van der Waals surface area contributed by atoms with Gasteiger partial charge in [0.05, 0.1) is 11.4 Å². The Morgan fingerprint density at radius 2 is 1.22 bits per heavy atom. The van der Waals surface area contributed by atoms with Gasteiger partial charge in [0.2, 0.25) is 0 Å². The van der Waals surface area contributed by atoms with E-state index in [1.807, 2.05) is 54.6 Å². The Morgan fingerprint density at radius 1 is 0.741 bits per heavy atom. The molecular weight excluding hydrogens is 336 g/mol. The number of nitrogens with one attached hydrogen (secondary N) is 2. The molecule has 0 saturated carbocycles. The molecule has 2 aromatic heterocycles. The summed E-state index contributed by atoms with van der Waals surface area (Å²) in [6, 6.07) is 17.8. The topological polar surface area (TPSA) is 70.1 Å². The Kier molecular flexibility index (Phi) is 6.52. The smallest absolute Gasteiger partial charge is 0.124 e. The molecule has 140 valence electrons. The van der Waals surface area contributed by atoms with Gasteiger partial charge in [0, 0.05) is 48.7 Å². The summed E-state index contributed by atoms with van der Waals surface area (Å²) < 4.78 is 0. The maximum atomic E-state index is 10.6. The molecule has 0 spiro atoms. The second-order valence-corrected chi connectivity index (χ2v) is 6.64. The van der Waals surface area contributed by atoms with Gasteiger partial charge in [-0.1, -0.05) is 30.3 Å². The molecule has 0 saturated heterocycles. The van der Waals surface area contributed by atoms with Gasteiger partial charge in [0.15, 0.2) is 0 Å². The molecule has 5 nitrogen and oxygen atoms in total. The summed E-state index contributed by atoms with van der Waals surface area (Å²) in [6.45, 7) is 5.29. The quantitative estimate of drug-likeness (QED) is 0.567. The summed E-state index contributed by atoms with van der Waals surface area (Å²) in [6.07, 6.45) is 3.58. The summed E-state index contributed by atoms with van der Waals surface area (Å²) in [5, 5.41) is 17.5. The minimum atomic E-state index is 0.108. The number of rotatable bonds is 8. The first kappa shape index (κ1) is 19.0. The van der Waals surface area contributed by atoms with Crippen LogP contribution in [0.15, 0.2) is 67.0 Å². The van der Waals surface area contributed by atoms with E-state index in [1.54, 1.807) is 12.4 Å². The minimum absolute atomic E-state index is 0.108. The number of aromatic hydroxyl groups is 1. The van der Waals surface area contributed by atoms with Gasteiger partial charge < -0.3 is 15.7 Å². The van der Waals surface area contributed by atoms with Crippen molar-refractivity contribution in [3.8, 4) is 5.75 Å². The van der Waals surface area contributed by atoms with Crippen LogP contribution in [0.4, 0.5) is 0 Å². The summed E-state index contributed by atoms with van der Waals surface area (Å²) >= 11 is 0. The molecule has 5 heteroatoms. The van der Waals surface area contributed by atoms with Crippen LogP contribution in [0.2, 0.25) is 0 Å². The number of phenols is 1. The zero-order valence-corrected chi connectivity index (χ0v) is 15.8. The second kappa shape index (κ2) is 9.26. The first-order valence-electron chi connectivity index (χ1n) is 9.23. The normalized spacial score (nSPS) is 13.3. The van der Waals surface area contributed by atoms with Crippen LogP contribution in [0, 0.1) is 0 Å². The van der Waals surface area contributed by atoms with Crippen molar-refractivity contribution in [2.75, 3.05) is 0 Å². The third kappa shape index (κ3) is 5.12. The predicted molar refractivity (Wildman–Crippen MR) is 107 cm³/mol. The fourth-order valence-electron chi connectivity index (χ4n) is 2.93. The maximum Gasteiger partial charge on any atom is 0.124 e. The van der Waals surface area contributed by atoms with Gasteiger partial charge >= 0.3 is 0 Å². The van der Waals surface area contributed by atoms with E-state index in [-0.39, 0.29) is 12.1 Å². The van der Waals surface area contributed by atoms with Crippen molar-refractivity contribution in [3.63, 3.8) is 0 Å². The number of aromatic nitrogens is 2. The van der Waals surface area contributed by atoms with Gasteiger partial charge in [-0.05, 0) is 38.1 Å². The van der Waals surface area contributed by atoms with Gasteiger partial charge in [-0.25, -0.2) is 0 Å². The van der Waals surface area contributed by atoms with Crippen LogP contribution >= 0.6 is 0 Å². The largest absolute Gasteiger partial charge is 0.507 e. The lowest BCUT2D eigenvalue weighted by Gasteiger charge is -2.17. The molecule has 0 aliphatic heterocycles. The minimum Gasteiger partial charge on any atom is -0.507 e. The van der Waals surface area contributed by atoms with Crippen LogP contribution in [0.25, 0.3) is 0 Å². The Morgan fingerprint density at radius 3 is 1.63 bits per heavy atom. The molecule has 0 aliphatic carbocycles. The molecular formula is C22H26N4O. The number of phenolic OH excluding ortho intramolecular Hbond substituents is 1. The Bertz CT molecular complexity index is 772. The van der Waals surface area contributed by atoms with Gasteiger partial charge in [-0.15, -0.1) is 0 Å². The molecule has 0 bridgehead atoms. The van der Waals surface area contributed by atoms with Gasteiger partial charge in [0.1, 0.15) is 5.75 Å². The molecule has 2 heterocycles. The predicted octanol–water partition coefficient (Wildman–Crippen LogP) is 3.88. The Hall–Kier alpha value is -2.76. The molecule has 1 aromatic carbocycles. The van der Waals surface area contributed by atoms with Crippen LogP contribution in [-0.4, -0.2) is 15.1 Å². The van der Waals surface area contributed by atoms with Crippen LogP contribution < -0.4 is 10.6 Å². The van der Waals surface area contributed by atoms with Gasteiger partial charge in [0.25, 0.3) is 0 Å². The summed E-state index contributed by atoms with van der Waals surface area (Å²) in [5.74, 6) is 0.332. The van der Waals surface area contributed by atoms with E-state index in [9.17, 15) is 5.11 Å². The van der Waals surface area contributed by atoms with Crippen molar-refractivity contribution in [2.24, 2.45) is 0 Å². The first-order chi connectivity index (χ1) is 13.1. The highest BCUT2D eigenvalue weighted by atomic mass is 16.3. The molecule has 0 radical (unpaired) electrons. The zero-order chi connectivity index (χ0) is 19.1. The monoisotopic (exact) mass is 362 g/mol. The Labute approximate surface area is 160 Å². The lowest BCUT2D eigenvalue weighted by atomic mass is 10.1. The SMILES string of the molecule is CC(NCc1cccc(CNC(C)c2ccccn2)c1O)c1ccccn1. The van der Waals surface area contributed by atoms with Crippen molar-refractivity contribution in [1.29, 1.82) is 0 Å². The Balaban J connectivity index is 1.60. The summed E-state index contributed by atoms with van der Waals surface area (Å²) in [4.78, 5) is 8.74. The third-order valence-corrected chi connectivity index (χ3v) is 4.66.